The molecule has 2 amide bonds. The molecule has 1 fully saturated rings. The lowest BCUT2D eigenvalue weighted by Gasteiger charge is -2.35. The van der Waals surface area contributed by atoms with Crippen LogP contribution in [0.4, 0.5) is 30.9 Å². The maximum absolute atomic E-state index is 13.1. The summed E-state index contributed by atoms with van der Waals surface area (Å²) in [6, 6.07) is 6.32. The van der Waals surface area contributed by atoms with E-state index in [1.54, 1.807) is 11.0 Å². The number of amides is 2. The first kappa shape index (κ1) is 19.1. The molecule has 3 aromatic rings. The van der Waals surface area contributed by atoms with Gasteiger partial charge >= 0.3 is 12.6 Å². The van der Waals surface area contributed by atoms with Gasteiger partial charge in [-0.1, -0.05) is 0 Å². The largest absolute Gasteiger partial charge is 0.417 e. The van der Waals surface area contributed by atoms with Gasteiger partial charge in [0.15, 0.2) is 11.6 Å². The molecule has 5 heterocycles. The predicted molar refractivity (Wildman–Crippen MR) is 108 cm³/mol. The lowest BCUT2D eigenvalue weighted by atomic mass is 10.1. The van der Waals surface area contributed by atoms with Crippen molar-refractivity contribution in [3.8, 4) is 17.1 Å². The van der Waals surface area contributed by atoms with Gasteiger partial charge in [0.05, 0.1) is 23.6 Å². The number of pyridine rings is 2. The van der Waals surface area contributed by atoms with Gasteiger partial charge in [0, 0.05) is 43.3 Å². The molecule has 5 rings (SSSR count). The third-order valence-corrected chi connectivity index (χ3v) is 5.21. The van der Waals surface area contributed by atoms with E-state index >= 15 is 0 Å². The quantitative estimate of drug-likeness (QED) is 0.686. The van der Waals surface area contributed by atoms with E-state index in [2.05, 4.69) is 29.9 Å². The summed E-state index contributed by atoms with van der Waals surface area (Å²) < 4.78 is 29.0. The van der Waals surface area contributed by atoms with Crippen molar-refractivity contribution in [3.63, 3.8) is 0 Å². The standard InChI is InChI=1S/C20H17F2N7O2/c21-19(22)31-17-4-1-12(9-25-17)14-2-3-15-18(26-14)29(13-5-8-28(15)11-13)20(30)27-16-10-23-6-7-24-16/h1-4,6-7,9-10,13,19H,5,8,11H2,(H,24,27,30). The van der Waals surface area contributed by atoms with Crippen LogP contribution in [0.25, 0.3) is 11.3 Å². The first-order chi connectivity index (χ1) is 15.1. The molecule has 2 aliphatic rings. The van der Waals surface area contributed by atoms with Crippen LogP contribution in [-0.2, 0) is 0 Å². The molecule has 1 unspecified atom stereocenters. The highest BCUT2D eigenvalue weighted by atomic mass is 19.3. The first-order valence-corrected chi connectivity index (χ1v) is 9.62. The molecule has 158 valence electrons. The highest BCUT2D eigenvalue weighted by molar-refractivity contribution is 6.04. The van der Waals surface area contributed by atoms with Crippen LogP contribution in [0.2, 0.25) is 0 Å². The molecular weight excluding hydrogens is 408 g/mol. The second kappa shape index (κ2) is 7.74. The van der Waals surface area contributed by atoms with Crippen LogP contribution in [-0.4, -0.2) is 51.7 Å². The van der Waals surface area contributed by atoms with Crippen molar-refractivity contribution in [1.82, 2.24) is 19.9 Å². The Morgan fingerprint density at radius 3 is 2.81 bits per heavy atom. The fraction of sp³-hybridized carbons (Fsp3) is 0.250. The number of urea groups is 1. The van der Waals surface area contributed by atoms with Crippen molar-refractivity contribution in [2.75, 3.05) is 28.2 Å². The number of anilines is 3. The Bertz CT molecular complexity index is 1100. The van der Waals surface area contributed by atoms with Crippen molar-refractivity contribution in [3.05, 3.63) is 49.1 Å². The highest BCUT2D eigenvalue weighted by Gasteiger charge is 2.40. The second-order valence-corrected chi connectivity index (χ2v) is 7.08. The molecule has 0 spiro atoms. The minimum absolute atomic E-state index is 0.0214. The fourth-order valence-electron chi connectivity index (χ4n) is 3.86. The van der Waals surface area contributed by atoms with E-state index in [4.69, 9.17) is 4.98 Å². The van der Waals surface area contributed by atoms with Crippen LogP contribution in [0.5, 0.6) is 5.88 Å². The van der Waals surface area contributed by atoms with E-state index in [0.717, 1.165) is 25.2 Å². The van der Waals surface area contributed by atoms with E-state index in [-0.39, 0.29) is 18.0 Å². The van der Waals surface area contributed by atoms with Crippen molar-refractivity contribution in [2.45, 2.75) is 19.1 Å². The van der Waals surface area contributed by atoms with Gasteiger partial charge in [-0.2, -0.15) is 8.78 Å². The van der Waals surface area contributed by atoms with E-state index in [9.17, 15) is 13.6 Å². The molecule has 0 aromatic carbocycles. The number of hydrogen-bond acceptors (Lipinski definition) is 7. The molecule has 0 saturated carbocycles. The van der Waals surface area contributed by atoms with Gasteiger partial charge in [-0.05, 0) is 24.6 Å². The number of carbonyl (C=O) groups excluding carboxylic acids is 1. The van der Waals surface area contributed by atoms with Crippen LogP contribution in [0.1, 0.15) is 6.42 Å². The monoisotopic (exact) mass is 425 g/mol. The maximum Gasteiger partial charge on any atom is 0.388 e. The fourth-order valence-corrected chi connectivity index (χ4v) is 3.86. The third kappa shape index (κ3) is 3.69. The molecule has 1 N–H and O–H groups in total. The van der Waals surface area contributed by atoms with Crippen LogP contribution in [0.3, 0.4) is 0 Å². The topological polar surface area (TPSA) is 96.4 Å². The number of nitrogens with zero attached hydrogens (tertiary/aromatic N) is 6. The van der Waals surface area contributed by atoms with Crippen LogP contribution in [0.15, 0.2) is 49.1 Å². The summed E-state index contributed by atoms with van der Waals surface area (Å²) in [7, 11) is 0. The van der Waals surface area contributed by atoms with Gasteiger partial charge in [0.2, 0.25) is 5.88 Å². The van der Waals surface area contributed by atoms with Gasteiger partial charge in [-0.25, -0.2) is 19.7 Å². The number of alkyl halides is 2. The minimum atomic E-state index is -2.94. The van der Waals surface area contributed by atoms with Crippen molar-refractivity contribution in [1.29, 1.82) is 0 Å². The minimum Gasteiger partial charge on any atom is -0.417 e. The lowest BCUT2D eigenvalue weighted by Crippen LogP contribution is -2.48. The predicted octanol–water partition coefficient (Wildman–Crippen LogP) is 3.17. The van der Waals surface area contributed by atoms with Gasteiger partial charge in [0.25, 0.3) is 0 Å². The van der Waals surface area contributed by atoms with Crippen molar-refractivity contribution >= 4 is 23.4 Å². The average Bonchev–Trinajstić information content (AvgIpc) is 3.18. The van der Waals surface area contributed by atoms with Crippen LogP contribution >= 0.6 is 0 Å². The summed E-state index contributed by atoms with van der Waals surface area (Å²) in [5, 5.41) is 2.78. The molecule has 3 aromatic heterocycles. The molecular formula is C20H17F2N7O2. The molecule has 0 aliphatic carbocycles. The van der Waals surface area contributed by atoms with E-state index < -0.39 is 6.61 Å². The second-order valence-electron chi connectivity index (χ2n) is 7.08. The molecule has 1 saturated heterocycles. The summed E-state index contributed by atoms with van der Waals surface area (Å²) in [6.45, 7) is -1.39. The number of rotatable bonds is 4. The number of carbonyl (C=O) groups is 1. The molecule has 11 heteroatoms. The number of fused-ring (bicyclic) bond motifs is 4. The smallest absolute Gasteiger partial charge is 0.388 e. The lowest BCUT2D eigenvalue weighted by molar-refractivity contribution is -0.0528. The molecule has 1 atom stereocenters. The maximum atomic E-state index is 13.1. The summed E-state index contributed by atoms with van der Waals surface area (Å²) in [5.41, 5.74) is 2.04. The Morgan fingerprint density at radius 2 is 2.06 bits per heavy atom. The van der Waals surface area contributed by atoms with Gasteiger partial charge in [-0.3, -0.25) is 15.2 Å². The summed E-state index contributed by atoms with van der Waals surface area (Å²) in [5.74, 6) is 0.704. The number of aromatic nitrogens is 4. The molecule has 2 aliphatic heterocycles. The Labute approximate surface area is 175 Å². The zero-order valence-electron chi connectivity index (χ0n) is 16.2. The number of halogens is 2. The van der Waals surface area contributed by atoms with E-state index in [1.807, 2.05) is 12.1 Å². The Kier molecular flexibility index (Phi) is 4.77. The first-order valence-electron chi connectivity index (χ1n) is 9.62. The number of ether oxygens (including phenoxy) is 1. The number of hydrogen-bond donors (Lipinski definition) is 1. The highest BCUT2D eigenvalue weighted by Crippen LogP contribution is 2.40. The normalized spacial score (nSPS) is 16.9. The number of nitrogens with one attached hydrogen (secondary N) is 1. The average molecular weight is 425 g/mol. The molecule has 9 nitrogen and oxygen atoms in total. The van der Waals surface area contributed by atoms with E-state index in [1.165, 1.54) is 30.9 Å². The molecule has 0 radical (unpaired) electrons. The van der Waals surface area contributed by atoms with Crippen molar-refractivity contribution < 1.29 is 18.3 Å². The summed E-state index contributed by atoms with van der Waals surface area (Å²) >= 11 is 0. The SMILES string of the molecule is O=C(Nc1cnccn1)N1c2nc(-c3ccc(OC(F)F)nc3)ccc2N2CCC1C2. The molecule has 31 heavy (non-hydrogen) atoms. The summed E-state index contributed by atoms with van der Waals surface area (Å²) in [4.78, 5) is 33.6. The zero-order chi connectivity index (χ0) is 21.4. The van der Waals surface area contributed by atoms with E-state index in [0.29, 0.717) is 22.9 Å². The third-order valence-electron chi connectivity index (χ3n) is 5.21. The zero-order valence-corrected chi connectivity index (χ0v) is 16.2. The van der Waals surface area contributed by atoms with Crippen molar-refractivity contribution in [2.24, 2.45) is 0 Å². The van der Waals surface area contributed by atoms with Gasteiger partial charge in [0.1, 0.15) is 0 Å². The van der Waals surface area contributed by atoms with Crippen LogP contribution < -0.4 is 19.9 Å². The Morgan fingerprint density at radius 1 is 1.16 bits per heavy atom. The van der Waals surface area contributed by atoms with Crippen LogP contribution in [0, 0.1) is 0 Å². The molecule has 2 bridgehead atoms. The van der Waals surface area contributed by atoms with Gasteiger partial charge in [-0.15, -0.1) is 0 Å². The Hall–Kier alpha value is -3.89. The Balaban J connectivity index is 1.47. The summed E-state index contributed by atoms with van der Waals surface area (Å²) in [6.07, 6.45) is 6.74. The van der Waals surface area contributed by atoms with Gasteiger partial charge < -0.3 is 9.64 Å².